The lowest BCUT2D eigenvalue weighted by atomic mass is 9.85. The summed E-state index contributed by atoms with van der Waals surface area (Å²) in [6, 6.07) is 6.93. The van der Waals surface area contributed by atoms with E-state index in [1.807, 2.05) is 0 Å². The molecule has 0 bridgehead atoms. The van der Waals surface area contributed by atoms with E-state index in [0.29, 0.717) is 25.2 Å². The number of fused-ring (bicyclic) bond motifs is 1. The van der Waals surface area contributed by atoms with Crippen LogP contribution in [0.15, 0.2) is 18.2 Å². The summed E-state index contributed by atoms with van der Waals surface area (Å²) in [4.78, 5) is 0. The Morgan fingerprint density at radius 1 is 1.19 bits per heavy atom. The monoisotopic (exact) mass is 361 g/mol. The number of aliphatic hydroxyl groups is 1. The Bertz CT molecular complexity index is 577. The lowest BCUT2D eigenvalue weighted by Crippen LogP contribution is -2.40. The highest BCUT2D eigenvalue weighted by atomic mass is 16.5. The van der Waals surface area contributed by atoms with Crippen LogP contribution in [0, 0.1) is 0 Å². The van der Waals surface area contributed by atoms with Gasteiger partial charge in [0, 0.05) is 12.1 Å². The van der Waals surface area contributed by atoms with Crippen LogP contribution in [0.25, 0.3) is 0 Å². The van der Waals surface area contributed by atoms with E-state index in [0.717, 1.165) is 51.6 Å². The molecular formula is C22H35NO3. The highest BCUT2D eigenvalue weighted by Crippen LogP contribution is 2.40. The van der Waals surface area contributed by atoms with Crippen molar-refractivity contribution in [2.75, 3.05) is 26.4 Å². The molecule has 4 nitrogen and oxygen atoms in total. The lowest BCUT2D eigenvalue weighted by Gasteiger charge is -2.26. The molecule has 4 heteroatoms. The molecule has 0 saturated heterocycles. The Kier molecular flexibility index (Phi) is 7.10. The van der Waals surface area contributed by atoms with Crippen molar-refractivity contribution in [1.82, 2.24) is 0 Å². The summed E-state index contributed by atoms with van der Waals surface area (Å²) < 4.78 is 11.6. The quantitative estimate of drug-likeness (QED) is 0.662. The molecule has 3 N–H and O–H groups in total. The molecule has 1 aromatic rings. The minimum atomic E-state index is -0.376. The van der Waals surface area contributed by atoms with Crippen LogP contribution in [0.1, 0.15) is 68.1 Å². The van der Waals surface area contributed by atoms with E-state index in [4.69, 9.17) is 15.2 Å². The first-order valence-corrected chi connectivity index (χ1v) is 10.3. The van der Waals surface area contributed by atoms with Crippen molar-refractivity contribution >= 4 is 0 Å². The Morgan fingerprint density at radius 2 is 2.08 bits per heavy atom. The van der Waals surface area contributed by atoms with E-state index in [1.165, 1.54) is 23.1 Å². The summed E-state index contributed by atoms with van der Waals surface area (Å²) in [5.41, 5.74) is 10.2. The van der Waals surface area contributed by atoms with Crippen molar-refractivity contribution < 1.29 is 14.6 Å². The standard InChI is InChI=1S/C22H35NO3/c1-2-3-10-25-11-12-26-21-7-6-17-13-18(4-5-19(17)14-21)20-8-9-22(23,15-20)16-24/h4-5,13,20-21,24H,2-3,6-12,14-16,23H2,1H3/t20-,21?,22-/m1/s1. The summed E-state index contributed by atoms with van der Waals surface area (Å²) in [6.07, 6.45) is 8.71. The molecule has 1 unspecified atom stereocenters. The number of benzene rings is 1. The SMILES string of the molecule is CCCCOCCOC1CCc2cc([C@@H]3CC[C@](N)(CO)C3)ccc2C1. The van der Waals surface area contributed by atoms with Crippen LogP contribution in [0.2, 0.25) is 0 Å². The Morgan fingerprint density at radius 3 is 2.85 bits per heavy atom. The van der Waals surface area contributed by atoms with Gasteiger partial charge < -0.3 is 20.3 Å². The number of hydrogen-bond acceptors (Lipinski definition) is 4. The maximum absolute atomic E-state index is 9.49. The van der Waals surface area contributed by atoms with Gasteiger partial charge in [-0.2, -0.15) is 0 Å². The van der Waals surface area contributed by atoms with E-state index in [-0.39, 0.29) is 12.1 Å². The van der Waals surface area contributed by atoms with Crippen LogP contribution in [0.5, 0.6) is 0 Å². The molecule has 146 valence electrons. The van der Waals surface area contributed by atoms with Gasteiger partial charge in [-0.05, 0) is 67.6 Å². The molecule has 3 atom stereocenters. The molecule has 0 amide bonds. The van der Waals surface area contributed by atoms with Crippen LogP contribution in [0.4, 0.5) is 0 Å². The number of nitrogens with two attached hydrogens (primary N) is 1. The first kappa shape index (κ1) is 19.8. The van der Waals surface area contributed by atoms with Crippen LogP contribution >= 0.6 is 0 Å². The fourth-order valence-electron chi connectivity index (χ4n) is 4.34. The summed E-state index contributed by atoms with van der Waals surface area (Å²) in [5, 5.41) is 9.49. The van der Waals surface area contributed by atoms with E-state index in [9.17, 15) is 5.11 Å². The molecule has 0 spiro atoms. The topological polar surface area (TPSA) is 64.7 Å². The molecular weight excluding hydrogens is 326 g/mol. The van der Waals surface area contributed by atoms with E-state index < -0.39 is 0 Å². The molecule has 2 aliphatic rings. The maximum atomic E-state index is 9.49. The zero-order valence-electron chi connectivity index (χ0n) is 16.2. The lowest BCUT2D eigenvalue weighted by molar-refractivity contribution is -0.000913. The van der Waals surface area contributed by atoms with Gasteiger partial charge in [-0.3, -0.25) is 0 Å². The van der Waals surface area contributed by atoms with Crippen molar-refractivity contribution in [1.29, 1.82) is 0 Å². The Labute approximate surface area is 158 Å². The van der Waals surface area contributed by atoms with Gasteiger partial charge in [-0.15, -0.1) is 0 Å². The zero-order chi connectivity index (χ0) is 18.4. The van der Waals surface area contributed by atoms with E-state index in [1.54, 1.807) is 0 Å². The second kappa shape index (κ2) is 9.32. The van der Waals surface area contributed by atoms with Gasteiger partial charge in [0.1, 0.15) is 0 Å². The predicted octanol–water partition coefficient (Wildman–Crippen LogP) is 3.33. The van der Waals surface area contributed by atoms with Crippen LogP contribution < -0.4 is 5.73 Å². The second-order valence-electron chi connectivity index (χ2n) is 8.19. The van der Waals surface area contributed by atoms with E-state index in [2.05, 4.69) is 25.1 Å². The number of unbranched alkanes of at least 4 members (excludes halogenated alkanes) is 1. The van der Waals surface area contributed by atoms with Crippen molar-refractivity contribution in [2.24, 2.45) is 5.73 Å². The van der Waals surface area contributed by atoms with Gasteiger partial charge in [-0.1, -0.05) is 31.5 Å². The molecule has 1 aromatic carbocycles. The number of hydrogen-bond donors (Lipinski definition) is 2. The molecule has 0 aliphatic heterocycles. The van der Waals surface area contributed by atoms with Gasteiger partial charge in [0.2, 0.25) is 0 Å². The van der Waals surface area contributed by atoms with Crippen molar-refractivity contribution in [3.05, 3.63) is 34.9 Å². The van der Waals surface area contributed by atoms with E-state index >= 15 is 0 Å². The molecule has 0 heterocycles. The summed E-state index contributed by atoms with van der Waals surface area (Å²) in [7, 11) is 0. The highest BCUT2D eigenvalue weighted by molar-refractivity contribution is 5.36. The Hall–Kier alpha value is -0.940. The highest BCUT2D eigenvalue weighted by Gasteiger charge is 2.36. The minimum absolute atomic E-state index is 0.0929. The molecule has 0 radical (unpaired) electrons. The molecule has 3 rings (SSSR count). The van der Waals surface area contributed by atoms with Crippen molar-refractivity contribution in [3.63, 3.8) is 0 Å². The van der Waals surface area contributed by atoms with Gasteiger partial charge in [0.05, 0.1) is 25.9 Å². The predicted molar refractivity (Wildman–Crippen MR) is 105 cm³/mol. The van der Waals surface area contributed by atoms with Crippen LogP contribution in [-0.2, 0) is 22.3 Å². The fraction of sp³-hybridized carbons (Fsp3) is 0.727. The molecule has 0 aromatic heterocycles. The third-order valence-corrected chi connectivity index (χ3v) is 6.07. The smallest absolute Gasteiger partial charge is 0.0704 e. The maximum Gasteiger partial charge on any atom is 0.0704 e. The number of rotatable bonds is 9. The van der Waals surface area contributed by atoms with Gasteiger partial charge in [0.15, 0.2) is 0 Å². The van der Waals surface area contributed by atoms with Gasteiger partial charge in [-0.25, -0.2) is 0 Å². The molecule has 2 aliphatic carbocycles. The average Bonchev–Trinajstić information content (AvgIpc) is 3.07. The average molecular weight is 362 g/mol. The third kappa shape index (κ3) is 5.07. The number of aliphatic hydroxyl groups excluding tert-OH is 1. The molecule has 26 heavy (non-hydrogen) atoms. The third-order valence-electron chi connectivity index (χ3n) is 6.07. The van der Waals surface area contributed by atoms with Crippen LogP contribution in [-0.4, -0.2) is 43.2 Å². The first-order chi connectivity index (χ1) is 12.6. The van der Waals surface area contributed by atoms with Crippen LogP contribution in [0.3, 0.4) is 0 Å². The Balaban J connectivity index is 1.48. The minimum Gasteiger partial charge on any atom is -0.394 e. The molecule has 1 fully saturated rings. The second-order valence-corrected chi connectivity index (χ2v) is 8.19. The molecule has 1 saturated carbocycles. The summed E-state index contributed by atoms with van der Waals surface area (Å²) in [5.74, 6) is 0.492. The zero-order valence-corrected chi connectivity index (χ0v) is 16.2. The first-order valence-electron chi connectivity index (χ1n) is 10.3. The van der Waals surface area contributed by atoms with Crippen molar-refractivity contribution in [3.8, 4) is 0 Å². The number of ether oxygens (including phenoxy) is 2. The largest absolute Gasteiger partial charge is 0.394 e. The van der Waals surface area contributed by atoms with Gasteiger partial charge in [0.25, 0.3) is 0 Å². The summed E-state index contributed by atoms with van der Waals surface area (Å²) >= 11 is 0. The van der Waals surface area contributed by atoms with Crippen molar-refractivity contribution in [2.45, 2.75) is 75.9 Å². The number of aryl methyl sites for hydroxylation is 1. The fourth-order valence-corrected chi connectivity index (χ4v) is 4.34. The van der Waals surface area contributed by atoms with Gasteiger partial charge >= 0.3 is 0 Å². The summed E-state index contributed by atoms with van der Waals surface area (Å²) in [6.45, 7) is 4.52. The normalized spacial score (nSPS) is 28.3.